The summed E-state index contributed by atoms with van der Waals surface area (Å²) in [6, 6.07) is 7.01. The molecule has 0 aromatic heterocycles. The van der Waals surface area contributed by atoms with E-state index in [1.54, 1.807) is 26.0 Å². The first-order chi connectivity index (χ1) is 13.2. The molecule has 3 heterocycles. The van der Waals surface area contributed by atoms with Gasteiger partial charge in [0, 0.05) is 0 Å². The van der Waals surface area contributed by atoms with Gasteiger partial charge in [0.15, 0.2) is 0 Å². The van der Waals surface area contributed by atoms with Crippen LogP contribution in [-0.4, -0.2) is 36.5 Å². The number of hydrogen-bond donors (Lipinski definition) is 0. The molecule has 146 valence electrons. The molecule has 1 aromatic rings. The minimum absolute atomic E-state index is 0.141. The minimum Gasteiger partial charge on any atom is -0.463 e. The molecule has 0 N–H and O–H groups in total. The fourth-order valence-electron chi connectivity index (χ4n) is 4.73. The highest BCUT2D eigenvalue weighted by atomic mass is 16.6. The van der Waals surface area contributed by atoms with Crippen molar-refractivity contribution in [3.63, 3.8) is 0 Å². The van der Waals surface area contributed by atoms with E-state index < -0.39 is 47.1 Å². The number of ether oxygens (including phenoxy) is 2. The van der Waals surface area contributed by atoms with Gasteiger partial charge in [0.05, 0.1) is 29.7 Å². The van der Waals surface area contributed by atoms with E-state index in [0.717, 1.165) is 10.5 Å². The van der Waals surface area contributed by atoms with Crippen LogP contribution in [0.3, 0.4) is 0 Å². The van der Waals surface area contributed by atoms with Crippen LogP contribution in [0.5, 0.6) is 0 Å². The third kappa shape index (κ3) is 2.16. The molecular formula is C21H21NO6. The number of fused-ring (bicyclic) bond motifs is 1. The van der Waals surface area contributed by atoms with Gasteiger partial charge < -0.3 is 9.47 Å². The van der Waals surface area contributed by atoms with Gasteiger partial charge in [-0.2, -0.15) is 0 Å². The summed E-state index contributed by atoms with van der Waals surface area (Å²) in [5.41, 5.74) is 0.508. The average molecular weight is 383 g/mol. The number of carbonyl (C=O) groups is 4. The summed E-state index contributed by atoms with van der Waals surface area (Å²) in [5.74, 6) is -4.04. The fraction of sp³-hybridized carbons (Fsp3) is 0.429. The molecule has 4 aliphatic rings. The molecule has 2 saturated heterocycles. The summed E-state index contributed by atoms with van der Waals surface area (Å²) in [5, 5.41) is 0. The van der Waals surface area contributed by atoms with E-state index in [9.17, 15) is 19.2 Å². The van der Waals surface area contributed by atoms with E-state index in [1.165, 1.54) is 6.92 Å². The van der Waals surface area contributed by atoms with Crippen LogP contribution >= 0.6 is 0 Å². The highest BCUT2D eigenvalue weighted by molar-refractivity contribution is 6.25. The second-order valence-corrected chi connectivity index (χ2v) is 7.66. The van der Waals surface area contributed by atoms with Gasteiger partial charge in [-0.1, -0.05) is 17.7 Å². The highest BCUT2D eigenvalue weighted by Gasteiger charge is 2.71. The Morgan fingerprint density at radius 1 is 1.14 bits per heavy atom. The van der Waals surface area contributed by atoms with E-state index in [1.807, 2.05) is 19.1 Å². The van der Waals surface area contributed by atoms with E-state index in [2.05, 4.69) is 0 Å². The largest absolute Gasteiger partial charge is 0.463 e. The Morgan fingerprint density at radius 2 is 1.79 bits per heavy atom. The number of benzene rings is 1. The van der Waals surface area contributed by atoms with Crippen molar-refractivity contribution in [3.05, 3.63) is 41.0 Å². The van der Waals surface area contributed by atoms with Gasteiger partial charge >= 0.3 is 11.9 Å². The number of carbonyl (C=O) groups excluding carboxylic acids is 4. The van der Waals surface area contributed by atoms with Crippen LogP contribution in [0, 0.1) is 24.2 Å². The summed E-state index contributed by atoms with van der Waals surface area (Å²) in [6.07, 6.45) is -0.939. The summed E-state index contributed by atoms with van der Waals surface area (Å²) < 4.78 is 10.6. The number of amides is 2. The number of nitrogens with zero attached hydrogens (tertiary/aromatic N) is 1. The van der Waals surface area contributed by atoms with Crippen LogP contribution in [0.2, 0.25) is 0 Å². The zero-order valence-electron chi connectivity index (χ0n) is 16.1. The maximum absolute atomic E-state index is 13.3. The van der Waals surface area contributed by atoms with Gasteiger partial charge in [0.2, 0.25) is 11.8 Å². The lowest BCUT2D eigenvalue weighted by Gasteiger charge is -2.48. The second-order valence-electron chi connectivity index (χ2n) is 7.66. The van der Waals surface area contributed by atoms with Crippen LogP contribution in [0.25, 0.3) is 0 Å². The SMILES string of the molecule is CCOC(=O)C1=C(C)[C@H]2OC(=O)[C@@]1(C)[C@H]1C(=O)N(c3ccc(C)cc3)C(=O)[C@@H]21. The Hall–Kier alpha value is -2.96. The smallest absolute Gasteiger partial charge is 0.335 e. The summed E-state index contributed by atoms with van der Waals surface area (Å²) in [4.78, 5) is 53.0. The Labute approximate surface area is 162 Å². The summed E-state index contributed by atoms with van der Waals surface area (Å²) in [7, 11) is 0. The fourth-order valence-corrected chi connectivity index (χ4v) is 4.73. The quantitative estimate of drug-likeness (QED) is 0.585. The molecule has 5 rings (SSSR count). The van der Waals surface area contributed by atoms with Crippen LogP contribution in [-0.2, 0) is 28.7 Å². The topological polar surface area (TPSA) is 90.0 Å². The van der Waals surface area contributed by atoms with Gasteiger partial charge in [0.25, 0.3) is 0 Å². The molecular weight excluding hydrogens is 362 g/mol. The van der Waals surface area contributed by atoms with Crippen LogP contribution in [0.4, 0.5) is 5.69 Å². The van der Waals surface area contributed by atoms with Gasteiger partial charge in [-0.05, 0) is 45.4 Å². The summed E-state index contributed by atoms with van der Waals surface area (Å²) >= 11 is 0. The van der Waals surface area contributed by atoms with Crippen molar-refractivity contribution in [2.24, 2.45) is 17.3 Å². The van der Waals surface area contributed by atoms with Gasteiger partial charge in [-0.15, -0.1) is 0 Å². The number of imide groups is 1. The molecule has 2 bridgehead atoms. The number of rotatable bonds is 3. The molecule has 0 spiro atoms. The van der Waals surface area contributed by atoms with E-state index in [4.69, 9.17) is 9.47 Å². The first-order valence-electron chi connectivity index (χ1n) is 9.27. The van der Waals surface area contributed by atoms with Crippen molar-refractivity contribution in [1.29, 1.82) is 0 Å². The van der Waals surface area contributed by atoms with Crippen molar-refractivity contribution >= 4 is 29.4 Å². The molecule has 1 aromatic carbocycles. The molecule has 7 nitrogen and oxygen atoms in total. The molecule has 2 fully saturated rings. The average Bonchev–Trinajstić information content (AvgIpc) is 2.90. The Bertz CT molecular complexity index is 946. The lowest BCUT2D eigenvalue weighted by Crippen LogP contribution is -2.60. The summed E-state index contributed by atoms with van der Waals surface area (Å²) in [6.45, 7) is 6.87. The van der Waals surface area contributed by atoms with Crippen molar-refractivity contribution in [3.8, 4) is 0 Å². The normalized spacial score (nSPS) is 31.2. The third-order valence-corrected chi connectivity index (χ3v) is 6.07. The first-order valence-corrected chi connectivity index (χ1v) is 9.27. The predicted octanol–water partition coefficient (Wildman–Crippen LogP) is 1.93. The van der Waals surface area contributed by atoms with Gasteiger partial charge in [0.1, 0.15) is 11.5 Å². The lowest BCUT2D eigenvalue weighted by molar-refractivity contribution is -0.184. The van der Waals surface area contributed by atoms with Gasteiger partial charge in [-0.3, -0.25) is 14.4 Å². The molecule has 1 aliphatic carbocycles. The second kappa shape index (κ2) is 6.02. The lowest BCUT2D eigenvalue weighted by atomic mass is 9.57. The maximum atomic E-state index is 13.3. The first kappa shape index (κ1) is 18.4. The number of aryl methyl sites for hydroxylation is 1. The number of esters is 2. The zero-order chi connectivity index (χ0) is 20.4. The Morgan fingerprint density at radius 3 is 2.39 bits per heavy atom. The maximum Gasteiger partial charge on any atom is 0.335 e. The van der Waals surface area contributed by atoms with Crippen LogP contribution in [0.15, 0.2) is 35.4 Å². The number of hydrogen-bond acceptors (Lipinski definition) is 6. The minimum atomic E-state index is -1.55. The monoisotopic (exact) mass is 383 g/mol. The Kier molecular flexibility index (Phi) is 3.96. The Balaban J connectivity index is 1.85. The van der Waals surface area contributed by atoms with E-state index in [-0.39, 0.29) is 12.2 Å². The van der Waals surface area contributed by atoms with Gasteiger partial charge in [-0.25, -0.2) is 9.69 Å². The molecule has 0 radical (unpaired) electrons. The molecule has 4 atom stereocenters. The predicted molar refractivity (Wildman–Crippen MR) is 98.0 cm³/mol. The number of anilines is 1. The van der Waals surface area contributed by atoms with Crippen molar-refractivity contribution in [2.45, 2.75) is 33.8 Å². The zero-order valence-corrected chi connectivity index (χ0v) is 16.1. The standard InChI is InChI=1S/C21H21NO6/c1-5-27-19(25)14-11(3)16-13-15(21(14,4)20(26)28-16)18(24)22(17(13)23)12-8-6-10(2)7-9-12/h6-9,13,15-16H,5H2,1-4H3/t13-,15-,16-,21-/m1/s1. The van der Waals surface area contributed by atoms with Crippen molar-refractivity contribution < 1.29 is 28.7 Å². The molecule has 7 heteroatoms. The molecule has 28 heavy (non-hydrogen) atoms. The van der Waals surface area contributed by atoms with E-state index in [0.29, 0.717) is 11.3 Å². The third-order valence-electron chi connectivity index (χ3n) is 6.07. The molecule has 0 saturated carbocycles. The molecule has 0 unspecified atom stereocenters. The van der Waals surface area contributed by atoms with Crippen LogP contribution < -0.4 is 4.90 Å². The van der Waals surface area contributed by atoms with E-state index >= 15 is 0 Å². The molecule has 3 aliphatic heterocycles. The highest BCUT2D eigenvalue weighted by Crippen LogP contribution is 2.58. The van der Waals surface area contributed by atoms with Crippen molar-refractivity contribution in [1.82, 2.24) is 0 Å². The molecule has 2 amide bonds. The van der Waals surface area contributed by atoms with Crippen LogP contribution in [0.1, 0.15) is 26.3 Å². The van der Waals surface area contributed by atoms with Crippen molar-refractivity contribution in [2.75, 3.05) is 11.5 Å².